The minimum absolute atomic E-state index is 0.109. The van der Waals surface area contributed by atoms with Crippen LogP contribution in [0.3, 0.4) is 0 Å². The molecule has 2 aromatic heterocycles. The van der Waals surface area contributed by atoms with E-state index >= 15 is 0 Å². The molecule has 0 radical (unpaired) electrons. The van der Waals surface area contributed by atoms with Gasteiger partial charge in [0.05, 0.1) is 13.2 Å². The van der Waals surface area contributed by atoms with Crippen LogP contribution in [-0.2, 0) is 11.3 Å². The van der Waals surface area contributed by atoms with Gasteiger partial charge in [-0.05, 0) is 31.4 Å². The van der Waals surface area contributed by atoms with Gasteiger partial charge in [-0.25, -0.2) is 9.97 Å². The van der Waals surface area contributed by atoms with E-state index in [0.717, 1.165) is 19.3 Å². The number of pyridine rings is 1. The van der Waals surface area contributed by atoms with E-state index in [1.165, 1.54) is 7.11 Å². The highest BCUT2D eigenvalue weighted by atomic mass is 16.5. The lowest BCUT2D eigenvalue weighted by Crippen LogP contribution is -2.39. The third kappa shape index (κ3) is 3.23. The van der Waals surface area contributed by atoms with Crippen molar-refractivity contribution in [1.29, 1.82) is 0 Å². The van der Waals surface area contributed by atoms with Gasteiger partial charge in [0.1, 0.15) is 12.2 Å². The molecule has 1 N–H and O–H groups in total. The average Bonchev–Trinajstić information content (AvgIpc) is 3.10. The van der Waals surface area contributed by atoms with E-state index in [9.17, 15) is 4.79 Å². The van der Waals surface area contributed by atoms with Crippen molar-refractivity contribution in [3.63, 3.8) is 0 Å². The van der Waals surface area contributed by atoms with Crippen molar-refractivity contribution in [1.82, 2.24) is 25.1 Å². The number of rotatable bonds is 5. The van der Waals surface area contributed by atoms with E-state index in [1.807, 2.05) is 4.90 Å². The summed E-state index contributed by atoms with van der Waals surface area (Å²) in [7, 11) is 3.12. The SMILES string of the molecule is COCc1nc(C2CCCCN2C(=O)c2cccnc2OC)n[nH]1. The summed E-state index contributed by atoms with van der Waals surface area (Å²) in [6.07, 6.45) is 4.43. The smallest absolute Gasteiger partial charge is 0.259 e. The predicted octanol–water partition coefficient (Wildman–Crippen LogP) is 1.72. The molecule has 1 amide bonds. The van der Waals surface area contributed by atoms with Crippen LogP contribution >= 0.6 is 0 Å². The van der Waals surface area contributed by atoms with Crippen molar-refractivity contribution in [2.45, 2.75) is 31.9 Å². The molecular weight excluding hydrogens is 310 g/mol. The van der Waals surface area contributed by atoms with Crippen molar-refractivity contribution >= 4 is 5.91 Å². The number of carbonyl (C=O) groups is 1. The summed E-state index contributed by atoms with van der Waals surface area (Å²) in [5.41, 5.74) is 0.458. The molecule has 1 atom stereocenters. The maximum absolute atomic E-state index is 13.0. The first-order chi connectivity index (χ1) is 11.7. The van der Waals surface area contributed by atoms with E-state index in [1.54, 1.807) is 25.4 Å². The minimum atomic E-state index is -0.155. The van der Waals surface area contributed by atoms with E-state index in [0.29, 0.717) is 36.2 Å². The number of carbonyl (C=O) groups excluding carboxylic acids is 1. The van der Waals surface area contributed by atoms with E-state index in [2.05, 4.69) is 20.2 Å². The van der Waals surface area contributed by atoms with Gasteiger partial charge in [-0.2, -0.15) is 5.10 Å². The van der Waals surface area contributed by atoms with Gasteiger partial charge in [0, 0.05) is 19.9 Å². The lowest BCUT2D eigenvalue weighted by Gasteiger charge is -2.34. The van der Waals surface area contributed by atoms with E-state index in [4.69, 9.17) is 9.47 Å². The predicted molar refractivity (Wildman–Crippen MR) is 85.5 cm³/mol. The topological polar surface area (TPSA) is 93.2 Å². The number of aromatic amines is 1. The van der Waals surface area contributed by atoms with Gasteiger partial charge in [-0.15, -0.1) is 0 Å². The van der Waals surface area contributed by atoms with Crippen LogP contribution in [0.25, 0.3) is 0 Å². The molecule has 128 valence electrons. The molecule has 0 aliphatic carbocycles. The summed E-state index contributed by atoms with van der Waals surface area (Å²) in [6.45, 7) is 1.03. The van der Waals surface area contributed by atoms with Gasteiger partial charge in [0.15, 0.2) is 11.6 Å². The lowest BCUT2D eigenvalue weighted by molar-refractivity contribution is 0.0596. The van der Waals surface area contributed by atoms with Crippen LogP contribution in [0.15, 0.2) is 18.3 Å². The fourth-order valence-corrected chi connectivity index (χ4v) is 2.97. The first kappa shape index (κ1) is 16.4. The molecule has 8 nitrogen and oxygen atoms in total. The minimum Gasteiger partial charge on any atom is -0.480 e. The monoisotopic (exact) mass is 331 g/mol. The fraction of sp³-hybridized carbons (Fsp3) is 0.500. The van der Waals surface area contributed by atoms with Gasteiger partial charge < -0.3 is 14.4 Å². The fourth-order valence-electron chi connectivity index (χ4n) is 2.97. The average molecular weight is 331 g/mol. The summed E-state index contributed by atoms with van der Waals surface area (Å²) in [4.78, 5) is 23.4. The molecule has 0 bridgehead atoms. The van der Waals surface area contributed by atoms with Crippen molar-refractivity contribution < 1.29 is 14.3 Å². The van der Waals surface area contributed by atoms with Crippen LogP contribution in [0.2, 0.25) is 0 Å². The number of nitrogens with zero attached hydrogens (tertiary/aromatic N) is 4. The Balaban J connectivity index is 1.87. The molecule has 1 saturated heterocycles. The molecular formula is C16H21N5O3. The molecule has 1 unspecified atom stereocenters. The normalized spacial score (nSPS) is 17.8. The molecule has 0 spiro atoms. The number of piperidine rings is 1. The maximum atomic E-state index is 13.0. The van der Waals surface area contributed by atoms with Gasteiger partial charge in [0.25, 0.3) is 5.91 Å². The van der Waals surface area contributed by atoms with Crippen molar-refractivity contribution in [3.05, 3.63) is 35.5 Å². The third-order valence-electron chi connectivity index (χ3n) is 4.09. The Bertz CT molecular complexity index is 703. The van der Waals surface area contributed by atoms with Gasteiger partial charge in [0.2, 0.25) is 5.88 Å². The second-order valence-electron chi connectivity index (χ2n) is 5.64. The molecule has 3 rings (SSSR count). The molecule has 1 fully saturated rings. The maximum Gasteiger partial charge on any atom is 0.259 e. The quantitative estimate of drug-likeness (QED) is 0.897. The Kier molecular flexibility index (Phi) is 5.05. The van der Waals surface area contributed by atoms with E-state index in [-0.39, 0.29) is 11.9 Å². The molecule has 24 heavy (non-hydrogen) atoms. The second kappa shape index (κ2) is 7.39. The highest BCUT2D eigenvalue weighted by Crippen LogP contribution is 2.31. The summed E-state index contributed by atoms with van der Waals surface area (Å²) in [6, 6.07) is 3.31. The summed E-state index contributed by atoms with van der Waals surface area (Å²) >= 11 is 0. The zero-order valence-electron chi connectivity index (χ0n) is 13.9. The number of ether oxygens (including phenoxy) is 2. The largest absolute Gasteiger partial charge is 0.480 e. The van der Waals surface area contributed by atoms with Crippen molar-refractivity contribution in [3.8, 4) is 5.88 Å². The first-order valence-electron chi connectivity index (χ1n) is 7.94. The Morgan fingerprint density at radius 1 is 1.42 bits per heavy atom. The number of likely N-dealkylation sites (tertiary alicyclic amines) is 1. The molecule has 8 heteroatoms. The van der Waals surface area contributed by atoms with Crippen molar-refractivity contribution in [2.75, 3.05) is 20.8 Å². The Labute approximate surface area is 140 Å². The highest BCUT2D eigenvalue weighted by molar-refractivity contribution is 5.96. The molecule has 1 aliphatic rings. The highest BCUT2D eigenvalue weighted by Gasteiger charge is 2.32. The number of amides is 1. The van der Waals surface area contributed by atoms with E-state index < -0.39 is 0 Å². The number of aromatic nitrogens is 4. The summed E-state index contributed by atoms with van der Waals surface area (Å²) in [5, 5.41) is 7.14. The van der Waals surface area contributed by atoms with Gasteiger partial charge in [-0.3, -0.25) is 9.89 Å². The van der Waals surface area contributed by atoms with Crippen LogP contribution in [0.1, 0.15) is 47.3 Å². The molecule has 1 aliphatic heterocycles. The lowest BCUT2D eigenvalue weighted by atomic mass is 10.0. The third-order valence-corrected chi connectivity index (χ3v) is 4.09. The number of nitrogens with one attached hydrogen (secondary N) is 1. The van der Waals surface area contributed by atoms with Crippen LogP contribution < -0.4 is 4.74 Å². The second-order valence-corrected chi connectivity index (χ2v) is 5.64. The van der Waals surface area contributed by atoms with Crippen LogP contribution in [0, 0.1) is 0 Å². The Morgan fingerprint density at radius 2 is 2.29 bits per heavy atom. The van der Waals surface area contributed by atoms with Gasteiger partial charge in [-0.1, -0.05) is 0 Å². The Morgan fingerprint density at radius 3 is 3.08 bits per heavy atom. The molecule has 2 aromatic rings. The summed E-state index contributed by atoms with van der Waals surface area (Å²) in [5.74, 6) is 1.51. The molecule has 0 saturated carbocycles. The number of methoxy groups -OCH3 is 2. The van der Waals surface area contributed by atoms with Crippen LogP contribution in [0.5, 0.6) is 5.88 Å². The van der Waals surface area contributed by atoms with Gasteiger partial charge >= 0.3 is 0 Å². The summed E-state index contributed by atoms with van der Waals surface area (Å²) < 4.78 is 10.3. The van der Waals surface area contributed by atoms with Crippen LogP contribution in [0.4, 0.5) is 0 Å². The Hall–Kier alpha value is -2.48. The molecule has 0 aromatic carbocycles. The standard InChI is InChI=1S/C16H21N5O3/c1-23-10-13-18-14(20-19-13)12-7-3-4-9-21(12)16(22)11-6-5-8-17-15(11)24-2/h5-6,8,12H,3-4,7,9-10H2,1-2H3,(H,18,19,20). The van der Waals surface area contributed by atoms with Crippen molar-refractivity contribution in [2.24, 2.45) is 0 Å². The first-order valence-corrected chi connectivity index (χ1v) is 7.94. The zero-order valence-corrected chi connectivity index (χ0v) is 13.9. The van der Waals surface area contributed by atoms with Crippen LogP contribution in [-0.4, -0.2) is 51.7 Å². The molecule has 3 heterocycles. The number of H-pyrrole nitrogens is 1. The number of hydrogen-bond acceptors (Lipinski definition) is 6. The zero-order chi connectivity index (χ0) is 16.9. The number of hydrogen-bond donors (Lipinski definition) is 1.